The molecule has 0 aromatic heterocycles. The maximum absolute atomic E-state index is 13.0. The van der Waals surface area contributed by atoms with Crippen molar-refractivity contribution in [2.24, 2.45) is 5.92 Å². The quantitative estimate of drug-likeness (QED) is 0.440. The van der Waals surface area contributed by atoms with E-state index in [1.807, 2.05) is 0 Å². The van der Waals surface area contributed by atoms with E-state index in [1.165, 1.54) is 0 Å². The molecular formula is C9H9F7O2. The summed E-state index contributed by atoms with van der Waals surface area (Å²) in [7, 11) is 0. The van der Waals surface area contributed by atoms with Crippen molar-refractivity contribution in [2.75, 3.05) is 6.61 Å². The molecular weight excluding hydrogens is 273 g/mol. The van der Waals surface area contributed by atoms with Crippen molar-refractivity contribution in [3.63, 3.8) is 0 Å². The highest BCUT2D eigenvalue weighted by Gasteiger charge is 2.74. The summed E-state index contributed by atoms with van der Waals surface area (Å²) in [6.45, 7) is 2.02. The molecule has 0 aliphatic heterocycles. The minimum atomic E-state index is -6.40. The molecule has 0 saturated carbocycles. The Morgan fingerprint density at radius 3 is 2.00 bits per heavy atom. The first-order valence-corrected chi connectivity index (χ1v) is 4.49. The van der Waals surface area contributed by atoms with Crippen LogP contribution in [0, 0.1) is 5.92 Å². The van der Waals surface area contributed by atoms with E-state index < -0.39 is 36.5 Å². The lowest BCUT2D eigenvalue weighted by Gasteiger charge is -2.31. The zero-order chi connectivity index (χ0) is 14.8. The molecule has 1 unspecified atom stereocenters. The van der Waals surface area contributed by atoms with E-state index in [1.54, 1.807) is 0 Å². The minimum Gasteiger partial charge on any atom is -0.462 e. The van der Waals surface area contributed by atoms with Crippen molar-refractivity contribution in [3.8, 4) is 0 Å². The summed E-state index contributed by atoms with van der Waals surface area (Å²) >= 11 is 0. The number of carbonyl (C=O) groups excluding carboxylic acids is 1. The second-order valence-corrected chi connectivity index (χ2v) is 3.43. The fraction of sp³-hybridized carbons (Fsp3) is 0.667. The van der Waals surface area contributed by atoms with Gasteiger partial charge in [0.15, 0.2) is 0 Å². The van der Waals surface area contributed by atoms with Gasteiger partial charge in [-0.25, -0.2) is 4.79 Å². The number of hydrogen-bond acceptors (Lipinski definition) is 2. The topological polar surface area (TPSA) is 26.3 Å². The molecule has 0 fully saturated rings. The predicted octanol–water partition coefficient (Wildman–Crippen LogP) is 3.18. The molecule has 0 aromatic rings. The van der Waals surface area contributed by atoms with Crippen LogP contribution in [0.3, 0.4) is 0 Å². The third kappa shape index (κ3) is 3.14. The summed E-state index contributed by atoms with van der Waals surface area (Å²) in [6, 6.07) is 0. The Hall–Kier alpha value is -1.28. The monoisotopic (exact) mass is 282 g/mol. The molecule has 0 spiro atoms. The molecule has 1 atom stereocenters. The molecule has 0 bridgehead atoms. The van der Waals surface area contributed by atoms with E-state index in [0.29, 0.717) is 13.0 Å². The Balaban J connectivity index is 4.91. The van der Waals surface area contributed by atoms with Gasteiger partial charge < -0.3 is 4.74 Å². The van der Waals surface area contributed by atoms with E-state index in [4.69, 9.17) is 0 Å². The first kappa shape index (κ1) is 16.7. The van der Waals surface area contributed by atoms with Gasteiger partial charge in [0.1, 0.15) is 6.61 Å². The van der Waals surface area contributed by atoms with Gasteiger partial charge in [-0.1, -0.05) is 13.5 Å². The smallest absolute Gasteiger partial charge is 0.459 e. The molecule has 106 valence electrons. The molecule has 0 N–H and O–H groups in total. The molecule has 0 radical (unpaired) electrons. The first-order chi connectivity index (χ1) is 7.88. The summed E-state index contributed by atoms with van der Waals surface area (Å²) in [5.41, 5.74) is 0. The summed E-state index contributed by atoms with van der Waals surface area (Å²) in [6.07, 6.45) is -5.83. The van der Waals surface area contributed by atoms with E-state index in [2.05, 4.69) is 11.3 Å². The van der Waals surface area contributed by atoms with Crippen LogP contribution in [0.4, 0.5) is 30.7 Å². The van der Waals surface area contributed by atoms with Crippen LogP contribution in [0.15, 0.2) is 12.7 Å². The Morgan fingerprint density at radius 2 is 1.67 bits per heavy atom. The van der Waals surface area contributed by atoms with Crippen molar-refractivity contribution in [3.05, 3.63) is 12.7 Å². The number of ether oxygens (including phenoxy) is 1. The van der Waals surface area contributed by atoms with Gasteiger partial charge in [-0.05, 0) is 0 Å². The van der Waals surface area contributed by atoms with Crippen molar-refractivity contribution in [2.45, 2.75) is 24.9 Å². The third-order valence-electron chi connectivity index (χ3n) is 2.04. The predicted molar refractivity (Wildman–Crippen MR) is 46.3 cm³/mol. The lowest BCUT2D eigenvalue weighted by atomic mass is 9.98. The van der Waals surface area contributed by atoms with Crippen LogP contribution in [0.2, 0.25) is 0 Å². The Kier molecular flexibility index (Phi) is 4.78. The average Bonchev–Trinajstić information content (AvgIpc) is 2.23. The number of halogens is 7. The fourth-order valence-corrected chi connectivity index (χ4v) is 0.869. The van der Waals surface area contributed by atoms with Gasteiger partial charge in [-0.2, -0.15) is 30.7 Å². The number of hydrogen-bond donors (Lipinski definition) is 0. The van der Waals surface area contributed by atoms with Crippen LogP contribution in [-0.4, -0.2) is 30.6 Å². The number of rotatable bonds is 5. The highest BCUT2D eigenvalue weighted by Crippen LogP contribution is 2.49. The van der Waals surface area contributed by atoms with Crippen LogP contribution >= 0.6 is 0 Å². The van der Waals surface area contributed by atoms with Gasteiger partial charge in [0.25, 0.3) is 0 Å². The highest BCUT2D eigenvalue weighted by molar-refractivity contribution is 5.81. The van der Waals surface area contributed by atoms with Gasteiger partial charge in [-0.15, -0.1) is 0 Å². The summed E-state index contributed by atoms with van der Waals surface area (Å²) < 4.78 is 90.4. The van der Waals surface area contributed by atoms with Crippen LogP contribution in [0.25, 0.3) is 0 Å². The van der Waals surface area contributed by atoms with Crippen molar-refractivity contribution in [1.29, 1.82) is 0 Å². The molecule has 0 aliphatic rings. The standard InChI is InChI=1S/C9H9F7O2/c1-3-6(17)18-4-5(2)7(10,11)8(12,13)9(14,15)16/h3,5H,1,4H2,2H3. The molecule has 0 aromatic carbocycles. The lowest BCUT2D eigenvalue weighted by Crippen LogP contribution is -2.56. The van der Waals surface area contributed by atoms with Gasteiger partial charge >= 0.3 is 24.0 Å². The maximum atomic E-state index is 13.0. The largest absolute Gasteiger partial charge is 0.462 e. The molecule has 0 saturated heterocycles. The molecule has 0 amide bonds. The molecule has 9 heteroatoms. The Labute approximate surface area is 97.4 Å². The Morgan fingerprint density at radius 1 is 1.22 bits per heavy atom. The Bertz CT molecular complexity index is 321. The number of carbonyl (C=O) groups is 1. The summed E-state index contributed by atoms with van der Waals surface area (Å²) in [5, 5.41) is 0. The van der Waals surface area contributed by atoms with E-state index in [9.17, 15) is 35.5 Å². The zero-order valence-electron chi connectivity index (χ0n) is 9.03. The van der Waals surface area contributed by atoms with Crippen LogP contribution in [0.5, 0.6) is 0 Å². The molecule has 18 heavy (non-hydrogen) atoms. The normalized spacial score (nSPS) is 15.1. The average molecular weight is 282 g/mol. The van der Waals surface area contributed by atoms with Gasteiger partial charge in [-0.3, -0.25) is 0 Å². The number of alkyl halides is 7. The van der Waals surface area contributed by atoms with Gasteiger partial charge in [0.2, 0.25) is 0 Å². The third-order valence-corrected chi connectivity index (χ3v) is 2.04. The van der Waals surface area contributed by atoms with Crippen LogP contribution in [0.1, 0.15) is 6.92 Å². The summed E-state index contributed by atoms with van der Waals surface area (Å²) in [5.74, 6) is -15.3. The first-order valence-electron chi connectivity index (χ1n) is 4.49. The van der Waals surface area contributed by atoms with Crippen molar-refractivity contribution >= 4 is 5.97 Å². The van der Waals surface area contributed by atoms with Gasteiger partial charge in [0.05, 0.1) is 5.92 Å². The molecule has 0 rings (SSSR count). The molecule has 2 nitrogen and oxygen atoms in total. The van der Waals surface area contributed by atoms with E-state index >= 15 is 0 Å². The minimum absolute atomic E-state index is 0.413. The van der Waals surface area contributed by atoms with Crippen molar-refractivity contribution < 1.29 is 40.3 Å². The molecule has 0 aliphatic carbocycles. The number of esters is 1. The van der Waals surface area contributed by atoms with E-state index in [0.717, 1.165) is 0 Å². The second kappa shape index (κ2) is 5.15. The lowest BCUT2D eigenvalue weighted by molar-refractivity contribution is -0.366. The SMILES string of the molecule is C=CC(=O)OCC(C)C(F)(F)C(F)(F)C(F)(F)F. The molecule has 0 heterocycles. The fourth-order valence-electron chi connectivity index (χ4n) is 0.869. The second-order valence-electron chi connectivity index (χ2n) is 3.43. The maximum Gasteiger partial charge on any atom is 0.459 e. The summed E-state index contributed by atoms with van der Waals surface area (Å²) in [4.78, 5) is 10.5. The van der Waals surface area contributed by atoms with Gasteiger partial charge in [0, 0.05) is 6.08 Å². The van der Waals surface area contributed by atoms with Crippen LogP contribution in [-0.2, 0) is 9.53 Å². The highest BCUT2D eigenvalue weighted by atomic mass is 19.4. The van der Waals surface area contributed by atoms with Crippen LogP contribution < -0.4 is 0 Å². The van der Waals surface area contributed by atoms with E-state index in [-0.39, 0.29) is 0 Å². The van der Waals surface area contributed by atoms with Crippen molar-refractivity contribution in [1.82, 2.24) is 0 Å². The zero-order valence-corrected chi connectivity index (χ0v) is 9.03.